The second-order valence-corrected chi connectivity index (χ2v) is 7.13. The van der Waals surface area contributed by atoms with Gasteiger partial charge in [0.05, 0.1) is 33.2 Å². The van der Waals surface area contributed by atoms with Gasteiger partial charge in [-0.05, 0) is 19.3 Å². The Labute approximate surface area is 157 Å². The summed E-state index contributed by atoms with van der Waals surface area (Å²) in [4.78, 5) is 22.5. The molecule has 0 saturated heterocycles. The highest BCUT2D eigenvalue weighted by Gasteiger charge is 2.22. The van der Waals surface area contributed by atoms with E-state index < -0.39 is 12.1 Å². The van der Waals surface area contributed by atoms with Crippen LogP contribution in [-0.2, 0) is 23.8 Å². The first-order valence-corrected chi connectivity index (χ1v) is 9.25. The van der Waals surface area contributed by atoms with Crippen molar-refractivity contribution < 1.29 is 33.4 Å². The first kappa shape index (κ1) is 24.6. The summed E-state index contributed by atoms with van der Waals surface area (Å²) in [5.41, 5.74) is 0. The van der Waals surface area contributed by atoms with E-state index in [9.17, 15) is 14.7 Å². The summed E-state index contributed by atoms with van der Waals surface area (Å²) in [7, 11) is 3.96. The number of quaternary nitrogens is 1. The van der Waals surface area contributed by atoms with Crippen LogP contribution in [-0.4, -0.2) is 81.2 Å². The number of rotatable bonds is 15. The number of unbranched alkanes of at least 4 members (excludes halogenated alkanes) is 1. The molecular weight excluding hydrogens is 338 g/mol. The van der Waals surface area contributed by atoms with Crippen molar-refractivity contribution in [2.24, 2.45) is 5.92 Å². The SMILES string of the molecule is C=CC(=O)OCCCCOCC(O)C[N+](C)(C)CCOC(=O)C(C)CC. The zero-order valence-electron chi connectivity index (χ0n) is 16.7. The van der Waals surface area contributed by atoms with Gasteiger partial charge in [0.25, 0.3) is 0 Å². The summed E-state index contributed by atoms with van der Waals surface area (Å²) in [5.74, 6) is -0.670. The van der Waals surface area contributed by atoms with Crippen LogP contribution in [0.15, 0.2) is 12.7 Å². The molecule has 26 heavy (non-hydrogen) atoms. The molecule has 0 aromatic heterocycles. The van der Waals surface area contributed by atoms with Crippen LogP contribution in [0, 0.1) is 5.92 Å². The van der Waals surface area contributed by atoms with Gasteiger partial charge >= 0.3 is 11.9 Å². The number of aliphatic hydroxyl groups is 1. The molecule has 0 aliphatic heterocycles. The Hall–Kier alpha value is -1.44. The van der Waals surface area contributed by atoms with Crippen molar-refractivity contribution in [3.63, 3.8) is 0 Å². The minimum absolute atomic E-state index is 0.0788. The Balaban J connectivity index is 3.79. The molecule has 7 heteroatoms. The van der Waals surface area contributed by atoms with Crippen LogP contribution in [0.4, 0.5) is 0 Å². The molecule has 0 fully saturated rings. The second-order valence-electron chi connectivity index (χ2n) is 7.13. The predicted octanol–water partition coefficient (Wildman–Crippen LogP) is 1.54. The highest BCUT2D eigenvalue weighted by atomic mass is 16.5. The first-order valence-electron chi connectivity index (χ1n) is 9.25. The number of carbonyl (C=O) groups excluding carboxylic acids is 2. The highest BCUT2D eigenvalue weighted by Crippen LogP contribution is 2.05. The van der Waals surface area contributed by atoms with E-state index in [0.29, 0.717) is 43.8 Å². The minimum Gasteiger partial charge on any atom is -0.463 e. The number of aliphatic hydroxyl groups excluding tert-OH is 1. The third-order valence-electron chi connectivity index (χ3n) is 4.06. The summed E-state index contributed by atoms with van der Waals surface area (Å²) in [5, 5.41) is 10.1. The fourth-order valence-electron chi connectivity index (χ4n) is 2.17. The number of hydrogen-bond donors (Lipinski definition) is 1. The van der Waals surface area contributed by atoms with Crippen LogP contribution in [0.5, 0.6) is 0 Å². The van der Waals surface area contributed by atoms with E-state index in [1.807, 2.05) is 27.9 Å². The predicted molar refractivity (Wildman–Crippen MR) is 99.5 cm³/mol. The zero-order chi connectivity index (χ0) is 20.0. The van der Waals surface area contributed by atoms with Crippen LogP contribution in [0.2, 0.25) is 0 Å². The number of ether oxygens (including phenoxy) is 3. The maximum Gasteiger partial charge on any atom is 0.330 e. The topological polar surface area (TPSA) is 82.1 Å². The Morgan fingerprint density at radius 2 is 1.81 bits per heavy atom. The molecule has 2 unspecified atom stereocenters. The fraction of sp³-hybridized carbons (Fsp3) is 0.789. The van der Waals surface area contributed by atoms with Gasteiger partial charge in [-0.1, -0.05) is 20.4 Å². The average Bonchev–Trinajstić information content (AvgIpc) is 2.58. The maximum atomic E-state index is 11.7. The van der Waals surface area contributed by atoms with Crippen LogP contribution in [0.1, 0.15) is 33.1 Å². The van der Waals surface area contributed by atoms with Crippen molar-refractivity contribution >= 4 is 11.9 Å². The van der Waals surface area contributed by atoms with E-state index >= 15 is 0 Å². The van der Waals surface area contributed by atoms with Gasteiger partial charge in [-0.3, -0.25) is 4.79 Å². The van der Waals surface area contributed by atoms with E-state index in [1.165, 1.54) is 0 Å². The van der Waals surface area contributed by atoms with E-state index in [1.54, 1.807) is 0 Å². The Morgan fingerprint density at radius 3 is 2.42 bits per heavy atom. The lowest BCUT2D eigenvalue weighted by Crippen LogP contribution is -2.48. The molecule has 0 aromatic rings. The van der Waals surface area contributed by atoms with Crippen molar-refractivity contribution in [3.05, 3.63) is 12.7 Å². The standard InChI is InChI=1S/C19H36NO6/c1-6-16(3)19(23)26-13-10-20(4,5)14-17(21)15-24-11-8-9-12-25-18(22)7-2/h7,16-17,21H,2,6,8-15H2,1,3-5H3/q+1. The van der Waals surface area contributed by atoms with Crippen molar-refractivity contribution in [3.8, 4) is 0 Å². The fourth-order valence-corrected chi connectivity index (χ4v) is 2.17. The van der Waals surface area contributed by atoms with Crippen molar-refractivity contribution in [1.82, 2.24) is 0 Å². The second kappa shape index (κ2) is 13.7. The molecule has 0 bridgehead atoms. The van der Waals surface area contributed by atoms with Gasteiger partial charge in [-0.2, -0.15) is 0 Å². The third-order valence-corrected chi connectivity index (χ3v) is 4.06. The molecule has 0 aliphatic carbocycles. The lowest BCUT2D eigenvalue weighted by molar-refractivity contribution is -0.893. The van der Waals surface area contributed by atoms with Gasteiger partial charge < -0.3 is 23.8 Å². The van der Waals surface area contributed by atoms with Gasteiger partial charge in [0.15, 0.2) is 0 Å². The molecule has 2 atom stereocenters. The van der Waals surface area contributed by atoms with Gasteiger partial charge in [-0.15, -0.1) is 0 Å². The molecule has 7 nitrogen and oxygen atoms in total. The Bertz CT molecular complexity index is 424. The van der Waals surface area contributed by atoms with E-state index in [4.69, 9.17) is 14.2 Å². The van der Waals surface area contributed by atoms with Crippen LogP contribution >= 0.6 is 0 Å². The van der Waals surface area contributed by atoms with Gasteiger partial charge in [-0.25, -0.2) is 4.79 Å². The molecule has 0 radical (unpaired) electrons. The lowest BCUT2D eigenvalue weighted by Gasteiger charge is -2.31. The van der Waals surface area contributed by atoms with E-state index in [0.717, 1.165) is 18.9 Å². The summed E-state index contributed by atoms with van der Waals surface area (Å²) in [6.07, 6.45) is 2.77. The summed E-state index contributed by atoms with van der Waals surface area (Å²) < 4.78 is 16.1. The molecule has 0 amide bonds. The number of nitrogens with zero attached hydrogens (tertiary/aromatic N) is 1. The smallest absolute Gasteiger partial charge is 0.330 e. The Kier molecular flexibility index (Phi) is 13.0. The molecule has 0 saturated carbocycles. The molecule has 0 heterocycles. The van der Waals surface area contributed by atoms with Crippen LogP contribution < -0.4 is 0 Å². The number of carbonyl (C=O) groups is 2. The first-order chi connectivity index (χ1) is 12.2. The van der Waals surface area contributed by atoms with Crippen LogP contribution in [0.3, 0.4) is 0 Å². The monoisotopic (exact) mass is 374 g/mol. The Morgan fingerprint density at radius 1 is 1.15 bits per heavy atom. The van der Waals surface area contributed by atoms with Gasteiger partial charge in [0.2, 0.25) is 0 Å². The van der Waals surface area contributed by atoms with E-state index in [2.05, 4.69) is 6.58 Å². The quantitative estimate of drug-likeness (QED) is 0.203. The molecule has 0 aromatic carbocycles. The van der Waals surface area contributed by atoms with Crippen molar-refractivity contribution in [1.29, 1.82) is 0 Å². The molecule has 152 valence electrons. The number of esters is 2. The van der Waals surface area contributed by atoms with E-state index in [-0.39, 0.29) is 18.5 Å². The molecular formula is C19H36NO6+. The van der Waals surface area contributed by atoms with Crippen LogP contribution in [0.25, 0.3) is 0 Å². The molecule has 0 rings (SSSR count). The number of likely N-dealkylation sites (N-methyl/N-ethyl adjacent to an activating group) is 1. The number of hydrogen-bond acceptors (Lipinski definition) is 6. The lowest BCUT2D eigenvalue weighted by atomic mass is 10.1. The normalized spacial score (nSPS) is 13.7. The van der Waals surface area contributed by atoms with Gasteiger partial charge in [0.1, 0.15) is 25.8 Å². The zero-order valence-corrected chi connectivity index (χ0v) is 16.7. The van der Waals surface area contributed by atoms with Gasteiger partial charge in [0, 0.05) is 12.7 Å². The largest absolute Gasteiger partial charge is 0.463 e. The summed E-state index contributed by atoms with van der Waals surface area (Å²) >= 11 is 0. The molecule has 0 spiro atoms. The summed E-state index contributed by atoms with van der Waals surface area (Å²) in [6.45, 7) is 9.71. The maximum absolute atomic E-state index is 11.7. The minimum atomic E-state index is -0.589. The third kappa shape index (κ3) is 12.9. The highest BCUT2D eigenvalue weighted by molar-refractivity contribution is 5.81. The molecule has 0 aliphatic rings. The summed E-state index contributed by atoms with van der Waals surface area (Å²) in [6, 6.07) is 0. The molecule has 1 N–H and O–H groups in total. The van der Waals surface area contributed by atoms with Crippen molar-refractivity contribution in [2.45, 2.75) is 39.2 Å². The van der Waals surface area contributed by atoms with Crippen molar-refractivity contribution in [2.75, 3.05) is 53.6 Å². The average molecular weight is 374 g/mol.